The van der Waals surface area contributed by atoms with Crippen molar-refractivity contribution in [3.63, 3.8) is 0 Å². The van der Waals surface area contributed by atoms with Crippen LogP contribution in [0.15, 0.2) is 17.2 Å². The van der Waals surface area contributed by atoms with Crippen molar-refractivity contribution in [3.8, 4) is 0 Å². The summed E-state index contributed by atoms with van der Waals surface area (Å²) in [6.45, 7) is 7.00. The molecule has 1 aromatic rings. The van der Waals surface area contributed by atoms with Crippen LogP contribution < -0.4 is 10.5 Å². The standard InChI is InChI=1S/C14H21N3O4/c1-14(2,3)17-6-5-15-11(12(17)18)16-7-8-21-10(9-16)13(19)20-4/h5-6,10H,7-9H2,1-4H3. The number of ether oxygens (including phenoxy) is 2. The van der Waals surface area contributed by atoms with Crippen LogP contribution in [0.2, 0.25) is 0 Å². The third-order valence-electron chi connectivity index (χ3n) is 3.38. The fourth-order valence-electron chi connectivity index (χ4n) is 2.26. The maximum atomic E-state index is 12.6. The van der Waals surface area contributed by atoms with Crippen molar-refractivity contribution in [2.75, 3.05) is 31.7 Å². The number of esters is 1. The summed E-state index contributed by atoms with van der Waals surface area (Å²) in [6, 6.07) is 0. The van der Waals surface area contributed by atoms with Gasteiger partial charge < -0.3 is 18.9 Å². The SMILES string of the molecule is COC(=O)C1CN(c2nccn(C(C)(C)C)c2=O)CCO1. The van der Waals surface area contributed by atoms with E-state index in [1.165, 1.54) is 7.11 Å². The van der Waals surface area contributed by atoms with Gasteiger partial charge in [0.15, 0.2) is 11.9 Å². The minimum atomic E-state index is -0.687. The molecule has 7 heteroatoms. The van der Waals surface area contributed by atoms with Gasteiger partial charge in [-0.25, -0.2) is 9.78 Å². The Morgan fingerprint density at radius 2 is 2.19 bits per heavy atom. The highest BCUT2D eigenvalue weighted by Crippen LogP contribution is 2.15. The number of hydrogen-bond acceptors (Lipinski definition) is 6. The maximum Gasteiger partial charge on any atom is 0.336 e. The summed E-state index contributed by atoms with van der Waals surface area (Å²) in [5, 5.41) is 0. The second-order valence-corrected chi connectivity index (χ2v) is 5.93. The molecule has 1 aliphatic heterocycles. The van der Waals surface area contributed by atoms with E-state index in [9.17, 15) is 9.59 Å². The van der Waals surface area contributed by atoms with Crippen LogP contribution in [-0.4, -0.2) is 48.4 Å². The van der Waals surface area contributed by atoms with Crippen molar-refractivity contribution in [1.82, 2.24) is 9.55 Å². The molecule has 0 saturated carbocycles. The monoisotopic (exact) mass is 295 g/mol. The smallest absolute Gasteiger partial charge is 0.336 e. The highest BCUT2D eigenvalue weighted by atomic mass is 16.6. The highest BCUT2D eigenvalue weighted by molar-refractivity contribution is 5.75. The highest BCUT2D eigenvalue weighted by Gasteiger charge is 2.30. The molecule has 0 aliphatic carbocycles. The number of anilines is 1. The first kappa shape index (κ1) is 15.5. The molecule has 1 aromatic heterocycles. The van der Waals surface area contributed by atoms with Gasteiger partial charge >= 0.3 is 5.97 Å². The molecule has 2 heterocycles. The molecule has 0 radical (unpaired) electrons. The minimum absolute atomic E-state index is 0.171. The van der Waals surface area contributed by atoms with Gasteiger partial charge in [-0.2, -0.15) is 0 Å². The molecule has 0 amide bonds. The number of methoxy groups -OCH3 is 1. The fraction of sp³-hybridized carbons (Fsp3) is 0.643. The third kappa shape index (κ3) is 3.24. The number of hydrogen-bond donors (Lipinski definition) is 0. The van der Waals surface area contributed by atoms with E-state index in [1.54, 1.807) is 21.9 Å². The minimum Gasteiger partial charge on any atom is -0.467 e. The van der Waals surface area contributed by atoms with E-state index in [1.807, 2.05) is 20.8 Å². The Morgan fingerprint density at radius 3 is 2.81 bits per heavy atom. The van der Waals surface area contributed by atoms with E-state index in [0.29, 0.717) is 19.0 Å². The Kier molecular flexibility index (Phi) is 4.32. The number of morpholine rings is 1. The second-order valence-electron chi connectivity index (χ2n) is 5.93. The molecule has 0 N–H and O–H groups in total. The molecule has 0 aromatic carbocycles. The van der Waals surface area contributed by atoms with Crippen LogP contribution in [0, 0.1) is 0 Å². The fourth-order valence-corrected chi connectivity index (χ4v) is 2.26. The van der Waals surface area contributed by atoms with Gasteiger partial charge in [0.05, 0.1) is 20.3 Å². The summed E-state index contributed by atoms with van der Waals surface area (Å²) in [4.78, 5) is 30.1. The predicted octanol–water partition coefficient (Wildman–Crippen LogP) is 0.376. The zero-order chi connectivity index (χ0) is 15.6. The average Bonchev–Trinajstić information content (AvgIpc) is 2.45. The van der Waals surface area contributed by atoms with Gasteiger partial charge in [0.2, 0.25) is 0 Å². The lowest BCUT2D eigenvalue weighted by atomic mass is 10.1. The average molecular weight is 295 g/mol. The van der Waals surface area contributed by atoms with Gasteiger partial charge in [-0.1, -0.05) is 0 Å². The lowest BCUT2D eigenvalue weighted by molar-refractivity contribution is -0.154. The lowest BCUT2D eigenvalue weighted by Gasteiger charge is -2.32. The van der Waals surface area contributed by atoms with Crippen LogP contribution in [0.5, 0.6) is 0 Å². The normalized spacial score (nSPS) is 19.4. The summed E-state index contributed by atoms with van der Waals surface area (Å²) in [5.41, 5.74) is -0.501. The Morgan fingerprint density at radius 1 is 1.48 bits per heavy atom. The van der Waals surface area contributed by atoms with E-state index >= 15 is 0 Å². The molecule has 1 unspecified atom stereocenters. The van der Waals surface area contributed by atoms with Crippen molar-refractivity contribution in [3.05, 3.63) is 22.7 Å². The summed E-state index contributed by atoms with van der Waals surface area (Å²) in [7, 11) is 1.32. The largest absolute Gasteiger partial charge is 0.467 e. The van der Waals surface area contributed by atoms with Crippen LogP contribution in [0.4, 0.5) is 5.82 Å². The summed E-state index contributed by atoms with van der Waals surface area (Å²) in [5.74, 6) is -0.101. The number of aromatic nitrogens is 2. The van der Waals surface area contributed by atoms with E-state index in [-0.39, 0.29) is 17.6 Å². The molecule has 21 heavy (non-hydrogen) atoms. The number of rotatable bonds is 2. The van der Waals surface area contributed by atoms with Gasteiger partial charge in [0, 0.05) is 24.5 Å². The van der Waals surface area contributed by atoms with Gasteiger partial charge in [0.1, 0.15) is 0 Å². The Hall–Kier alpha value is -1.89. The zero-order valence-electron chi connectivity index (χ0n) is 12.8. The van der Waals surface area contributed by atoms with Gasteiger partial charge in [0.25, 0.3) is 5.56 Å². The van der Waals surface area contributed by atoms with Crippen molar-refractivity contribution >= 4 is 11.8 Å². The molecule has 0 spiro atoms. The van der Waals surface area contributed by atoms with Crippen LogP contribution in [0.1, 0.15) is 20.8 Å². The first-order valence-electron chi connectivity index (χ1n) is 6.87. The lowest BCUT2D eigenvalue weighted by Crippen LogP contribution is -2.49. The maximum absolute atomic E-state index is 12.6. The molecule has 1 saturated heterocycles. The number of carbonyl (C=O) groups is 1. The zero-order valence-corrected chi connectivity index (χ0v) is 12.8. The predicted molar refractivity (Wildman–Crippen MR) is 77.5 cm³/mol. The van der Waals surface area contributed by atoms with Gasteiger partial charge in [-0.15, -0.1) is 0 Å². The van der Waals surface area contributed by atoms with Crippen LogP contribution in [0.25, 0.3) is 0 Å². The van der Waals surface area contributed by atoms with Crippen LogP contribution in [-0.2, 0) is 19.8 Å². The summed E-state index contributed by atoms with van der Waals surface area (Å²) in [6.07, 6.45) is 2.59. The summed E-state index contributed by atoms with van der Waals surface area (Å²) < 4.78 is 11.7. The van der Waals surface area contributed by atoms with Crippen molar-refractivity contribution in [2.45, 2.75) is 32.4 Å². The summed E-state index contributed by atoms with van der Waals surface area (Å²) >= 11 is 0. The third-order valence-corrected chi connectivity index (χ3v) is 3.38. The Labute approximate surface area is 123 Å². The Balaban J connectivity index is 2.30. The van der Waals surface area contributed by atoms with Crippen molar-refractivity contribution < 1.29 is 14.3 Å². The molecule has 0 bridgehead atoms. The second kappa shape index (κ2) is 5.85. The van der Waals surface area contributed by atoms with E-state index in [0.717, 1.165) is 0 Å². The van der Waals surface area contributed by atoms with E-state index < -0.39 is 12.1 Å². The first-order chi connectivity index (χ1) is 9.84. The number of carbonyl (C=O) groups excluding carboxylic acids is 1. The van der Waals surface area contributed by atoms with Crippen LogP contribution >= 0.6 is 0 Å². The topological polar surface area (TPSA) is 73.7 Å². The van der Waals surface area contributed by atoms with Crippen molar-refractivity contribution in [1.29, 1.82) is 0 Å². The van der Waals surface area contributed by atoms with Gasteiger partial charge in [-0.3, -0.25) is 4.79 Å². The van der Waals surface area contributed by atoms with E-state index in [4.69, 9.17) is 4.74 Å². The van der Waals surface area contributed by atoms with E-state index in [2.05, 4.69) is 9.72 Å². The molecule has 2 rings (SSSR count). The molecule has 1 aliphatic rings. The molecule has 116 valence electrons. The van der Waals surface area contributed by atoms with Gasteiger partial charge in [-0.05, 0) is 20.8 Å². The molecule has 7 nitrogen and oxygen atoms in total. The molecular formula is C14H21N3O4. The Bertz CT molecular complexity index is 576. The number of nitrogens with zero attached hydrogens (tertiary/aromatic N) is 3. The van der Waals surface area contributed by atoms with Crippen LogP contribution in [0.3, 0.4) is 0 Å². The first-order valence-corrected chi connectivity index (χ1v) is 6.87. The molecule has 1 atom stereocenters. The van der Waals surface area contributed by atoms with Crippen molar-refractivity contribution in [2.24, 2.45) is 0 Å². The molecular weight excluding hydrogens is 274 g/mol. The quantitative estimate of drug-likeness (QED) is 0.734. The molecule has 1 fully saturated rings.